The first kappa shape index (κ1) is 15.9. The minimum Gasteiger partial charge on any atom is -0.481 e. The molecule has 0 spiro atoms. The molecule has 120 valence electrons. The van der Waals surface area contributed by atoms with Crippen LogP contribution < -0.4 is 10.1 Å². The first-order valence-electron chi connectivity index (χ1n) is 7.83. The number of aryl methyl sites for hydroxylation is 1. The van der Waals surface area contributed by atoms with Crippen LogP contribution in [0.3, 0.4) is 0 Å². The second-order valence-electron chi connectivity index (χ2n) is 6.01. The number of ether oxygens (including phenoxy) is 1. The highest BCUT2D eigenvalue weighted by Crippen LogP contribution is 2.34. The van der Waals surface area contributed by atoms with Crippen molar-refractivity contribution >= 4 is 17.5 Å². The number of amides is 1. The van der Waals surface area contributed by atoms with Gasteiger partial charge in [0.1, 0.15) is 5.75 Å². The third-order valence-electron chi connectivity index (χ3n) is 4.29. The van der Waals surface area contributed by atoms with Crippen LogP contribution in [0.25, 0.3) is 0 Å². The Hall–Kier alpha value is -2.00. The van der Waals surface area contributed by atoms with Crippen molar-refractivity contribution in [3.8, 4) is 5.75 Å². The second kappa shape index (κ2) is 6.63. The average Bonchev–Trinajstić information content (AvgIpc) is 2.50. The molecule has 0 saturated heterocycles. The summed E-state index contributed by atoms with van der Waals surface area (Å²) in [6, 6.07) is 13.8. The molecule has 0 unspecified atom stereocenters. The Morgan fingerprint density at radius 3 is 2.87 bits per heavy atom. The fourth-order valence-electron chi connectivity index (χ4n) is 2.90. The van der Waals surface area contributed by atoms with Crippen molar-refractivity contribution in [3.63, 3.8) is 0 Å². The summed E-state index contributed by atoms with van der Waals surface area (Å²) in [7, 11) is 0. The Bertz CT molecular complexity index is 729. The quantitative estimate of drug-likeness (QED) is 0.904. The van der Waals surface area contributed by atoms with Crippen LogP contribution >= 0.6 is 11.6 Å². The molecule has 0 aromatic heterocycles. The van der Waals surface area contributed by atoms with Crippen molar-refractivity contribution in [1.82, 2.24) is 5.32 Å². The summed E-state index contributed by atoms with van der Waals surface area (Å²) in [5, 5.41) is 3.65. The maximum atomic E-state index is 12.2. The van der Waals surface area contributed by atoms with Gasteiger partial charge in [-0.1, -0.05) is 35.9 Å². The molecule has 3 rings (SSSR count). The van der Waals surface area contributed by atoms with Crippen molar-refractivity contribution < 1.29 is 9.53 Å². The number of carbonyl (C=O) groups excluding carboxylic acids is 1. The number of halogens is 1. The lowest BCUT2D eigenvalue weighted by atomic mass is 9.77. The average molecular weight is 330 g/mol. The molecule has 23 heavy (non-hydrogen) atoms. The van der Waals surface area contributed by atoms with Gasteiger partial charge in [-0.05, 0) is 55.2 Å². The van der Waals surface area contributed by atoms with Crippen molar-refractivity contribution in [2.24, 2.45) is 0 Å². The molecular formula is C19H20ClNO2. The van der Waals surface area contributed by atoms with E-state index in [1.54, 1.807) is 19.1 Å². The Morgan fingerprint density at radius 2 is 2.13 bits per heavy atom. The van der Waals surface area contributed by atoms with Crippen LogP contribution in [0.15, 0.2) is 42.5 Å². The molecule has 1 amide bonds. The standard InChI is InChI=1S/C19H20ClNO2/c1-12-9-16(20)7-8-18(12)23-13(2)19(22)21-11-15-10-14-5-3-4-6-17(14)15/h3-9,13,15H,10-11H2,1-2H3,(H,21,22)/t13-,15-/m1/s1. The number of carbonyl (C=O) groups is 1. The van der Waals surface area contributed by atoms with Crippen molar-refractivity contribution in [2.45, 2.75) is 32.3 Å². The first-order valence-corrected chi connectivity index (χ1v) is 8.20. The lowest BCUT2D eigenvalue weighted by molar-refractivity contribution is -0.127. The molecule has 2 aromatic carbocycles. The van der Waals surface area contributed by atoms with Crippen LogP contribution in [0.2, 0.25) is 5.02 Å². The van der Waals surface area contributed by atoms with Gasteiger partial charge in [-0.25, -0.2) is 0 Å². The molecule has 1 aliphatic rings. The smallest absolute Gasteiger partial charge is 0.260 e. The Morgan fingerprint density at radius 1 is 1.35 bits per heavy atom. The van der Waals surface area contributed by atoms with Gasteiger partial charge in [-0.3, -0.25) is 4.79 Å². The molecule has 0 aliphatic heterocycles. The van der Waals surface area contributed by atoms with E-state index in [1.807, 2.05) is 19.1 Å². The number of nitrogens with one attached hydrogen (secondary N) is 1. The van der Waals surface area contributed by atoms with Gasteiger partial charge in [0, 0.05) is 17.5 Å². The molecule has 4 heteroatoms. The van der Waals surface area contributed by atoms with Gasteiger partial charge < -0.3 is 10.1 Å². The molecule has 1 N–H and O–H groups in total. The van der Waals surface area contributed by atoms with E-state index in [2.05, 4.69) is 23.5 Å². The normalized spacial score (nSPS) is 16.9. The number of hydrogen-bond donors (Lipinski definition) is 1. The highest BCUT2D eigenvalue weighted by atomic mass is 35.5. The number of hydrogen-bond acceptors (Lipinski definition) is 2. The van der Waals surface area contributed by atoms with Crippen LogP contribution in [-0.2, 0) is 11.2 Å². The lowest BCUT2D eigenvalue weighted by Gasteiger charge is -2.30. The molecule has 0 saturated carbocycles. The fraction of sp³-hybridized carbons (Fsp3) is 0.316. The summed E-state index contributed by atoms with van der Waals surface area (Å²) in [5.74, 6) is 1.01. The van der Waals surface area contributed by atoms with Crippen molar-refractivity contribution in [1.29, 1.82) is 0 Å². The van der Waals surface area contributed by atoms with E-state index in [0.29, 0.717) is 23.2 Å². The fourth-order valence-corrected chi connectivity index (χ4v) is 3.13. The number of fused-ring (bicyclic) bond motifs is 1. The van der Waals surface area contributed by atoms with E-state index in [4.69, 9.17) is 16.3 Å². The van der Waals surface area contributed by atoms with E-state index in [-0.39, 0.29) is 5.91 Å². The van der Waals surface area contributed by atoms with Gasteiger partial charge in [0.15, 0.2) is 6.10 Å². The monoisotopic (exact) mass is 329 g/mol. The highest BCUT2D eigenvalue weighted by Gasteiger charge is 2.26. The number of benzene rings is 2. The van der Waals surface area contributed by atoms with Crippen LogP contribution in [0.5, 0.6) is 5.75 Å². The molecule has 0 heterocycles. The first-order chi connectivity index (χ1) is 11.0. The Balaban J connectivity index is 1.52. The highest BCUT2D eigenvalue weighted by molar-refractivity contribution is 6.30. The van der Waals surface area contributed by atoms with Gasteiger partial charge >= 0.3 is 0 Å². The van der Waals surface area contributed by atoms with Crippen molar-refractivity contribution in [2.75, 3.05) is 6.54 Å². The Kier molecular flexibility index (Phi) is 4.58. The minimum atomic E-state index is -0.537. The topological polar surface area (TPSA) is 38.3 Å². The zero-order valence-corrected chi connectivity index (χ0v) is 14.1. The van der Waals surface area contributed by atoms with E-state index in [9.17, 15) is 4.79 Å². The van der Waals surface area contributed by atoms with E-state index in [0.717, 1.165) is 12.0 Å². The minimum absolute atomic E-state index is 0.0938. The Labute approximate surface area is 141 Å². The molecule has 0 radical (unpaired) electrons. The van der Waals surface area contributed by atoms with E-state index < -0.39 is 6.10 Å². The summed E-state index contributed by atoms with van der Waals surface area (Å²) in [5.41, 5.74) is 3.65. The molecule has 2 aromatic rings. The van der Waals surface area contributed by atoms with Crippen LogP contribution in [0.1, 0.15) is 29.5 Å². The molecule has 2 atom stereocenters. The maximum absolute atomic E-state index is 12.2. The van der Waals surface area contributed by atoms with Gasteiger partial charge in [0.2, 0.25) is 0 Å². The summed E-state index contributed by atoms with van der Waals surface area (Å²) >= 11 is 5.93. The predicted octanol–water partition coefficient (Wildman–Crippen LogP) is 3.87. The van der Waals surface area contributed by atoms with E-state index in [1.165, 1.54) is 11.1 Å². The SMILES string of the molecule is Cc1cc(Cl)ccc1O[C@H](C)C(=O)NC[C@H]1Cc2ccccc21. The summed E-state index contributed by atoms with van der Waals surface area (Å²) in [6.45, 7) is 4.33. The lowest BCUT2D eigenvalue weighted by Crippen LogP contribution is -2.40. The third-order valence-corrected chi connectivity index (χ3v) is 4.53. The van der Waals surface area contributed by atoms with Crippen LogP contribution in [0, 0.1) is 6.92 Å². The molecule has 3 nitrogen and oxygen atoms in total. The van der Waals surface area contributed by atoms with Gasteiger partial charge in [0.25, 0.3) is 5.91 Å². The zero-order valence-electron chi connectivity index (χ0n) is 13.3. The van der Waals surface area contributed by atoms with Gasteiger partial charge in [0.05, 0.1) is 0 Å². The molecule has 0 fully saturated rings. The maximum Gasteiger partial charge on any atom is 0.260 e. The summed E-state index contributed by atoms with van der Waals surface area (Å²) in [6.07, 6.45) is 0.493. The van der Waals surface area contributed by atoms with Crippen LogP contribution in [-0.4, -0.2) is 18.6 Å². The summed E-state index contributed by atoms with van der Waals surface area (Å²) in [4.78, 5) is 12.2. The molecular weight excluding hydrogens is 310 g/mol. The van der Waals surface area contributed by atoms with E-state index >= 15 is 0 Å². The molecule has 1 aliphatic carbocycles. The summed E-state index contributed by atoms with van der Waals surface area (Å²) < 4.78 is 5.74. The predicted molar refractivity (Wildman–Crippen MR) is 92.2 cm³/mol. The largest absolute Gasteiger partial charge is 0.481 e. The van der Waals surface area contributed by atoms with Crippen molar-refractivity contribution in [3.05, 3.63) is 64.2 Å². The molecule has 0 bridgehead atoms. The zero-order chi connectivity index (χ0) is 16.4. The van der Waals surface area contributed by atoms with Gasteiger partial charge in [-0.15, -0.1) is 0 Å². The number of rotatable bonds is 5. The van der Waals surface area contributed by atoms with Crippen LogP contribution in [0.4, 0.5) is 0 Å². The van der Waals surface area contributed by atoms with Gasteiger partial charge in [-0.2, -0.15) is 0 Å². The second-order valence-corrected chi connectivity index (χ2v) is 6.45. The third kappa shape index (κ3) is 3.50.